The summed E-state index contributed by atoms with van der Waals surface area (Å²) in [5, 5.41) is 0. The molecule has 0 saturated heterocycles. The molecule has 0 heterocycles. The fourth-order valence-electron chi connectivity index (χ4n) is 0.699. The maximum Gasteiger partial charge on any atom is 2.00 e. The van der Waals surface area contributed by atoms with E-state index < -0.39 is 0 Å². The molecule has 1 aromatic rings. The third-order valence-corrected chi connectivity index (χ3v) is 1.21. The molecule has 1 rings (SSSR count). The van der Waals surface area contributed by atoms with Crippen LogP contribution in [0.4, 0.5) is 0 Å². The standard InChI is InChI=1S/C7H8N2O.Pt/c8-9-7(10)6-4-2-1-3-5-6;/h1-5H,8H2,(H,9,10);/q;+2/p+1. The molecule has 4 N–H and O–H groups in total. The Morgan fingerprint density at radius 2 is 1.82 bits per heavy atom. The van der Waals surface area contributed by atoms with Gasteiger partial charge in [-0.05, 0) is 12.1 Å². The van der Waals surface area contributed by atoms with Crippen LogP contribution in [0.2, 0.25) is 0 Å². The van der Waals surface area contributed by atoms with Crippen LogP contribution in [0.3, 0.4) is 0 Å². The molecule has 0 aliphatic carbocycles. The van der Waals surface area contributed by atoms with Gasteiger partial charge >= 0.3 is 27.0 Å². The minimum atomic E-state index is -0.138. The van der Waals surface area contributed by atoms with Crippen LogP contribution in [-0.2, 0) is 21.1 Å². The van der Waals surface area contributed by atoms with Crippen molar-refractivity contribution in [2.24, 2.45) is 5.84 Å². The third kappa shape index (κ3) is 2.93. The molecule has 4 heteroatoms. The Bertz CT molecular complexity index is 225. The van der Waals surface area contributed by atoms with Crippen molar-refractivity contribution in [1.82, 2.24) is 0 Å². The number of nitrogens with two attached hydrogens (primary N) is 2. The normalized spacial score (nSPS) is 8.45. The average Bonchev–Trinajstić information content (AvgIpc) is 2.05. The van der Waals surface area contributed by atoms with Crippen LogP contribution in [0, 0.1) is 0 Å². The number of carbonyl (C=O) groups is 1. The van der Waals surface area contributed by atoms with Gasteiger partial charge in [-0.15, -0.1) is 0 Å². The number of hydrogen-bond acceptors (Lipinski definition) is 2. The number of benzene rings is 1. The summed E-state index contributed by atoms with van der Waals surface area (Å²) >= 11 is 0. The van der Waals surface area contributed by atoms with Gasteiger partial charge in [-0.2, -0.15) is 5.84 Å². The van der Waals surface area contributed by atoms with Crippen molar-refractivity contribution in [2.75, 3.05) is 0 Å². The summed E-state index contributed by atoms with van der Waals surface area (Å²) in [5.41, 5.74) is 1.69. The second-order valence-corrected chi connectivity index (χ2v) is 1.90. The molecule has 0 saturated carbocycles. The van der Waals surface area contributed by atoms with E-state index in [1.165, 1.54) is 0 Å². The Labute approximate surface area is 79.2 Å². The first-order chi connectivity index (χ1) is 4.84. The Balaban J connectivity index is 0.000001000. The summed E-state index contributed by atoms with van der Waals surface area (Å²) in [6.07, 6.45) is 0. The first kappa shape index (κ1) is 10.5. The zero-order valence-electron chi connectivity index (χ0n) is 5.77. The van der Waals surface area contributed by atoms with E-state index >= 15 is 0 Å². The van der Waals surface area contributed by atoms with Gasteiger partial charge in [-0.1, -0.05) is 18.2 Å². The molecule has 0 atom stereocenters. The smallest absolute Gasteiger partial charge is 0.224 e. The van der Waals surface area contributed by atoms with Gasteiger partial charge in [0.2, 0.25) is 0 Å². The van der Waals surface area contributed by atoms with Crippen LogP contribution in [0.25, 0.3) is 0 Å². The molecular weight excluding hydrogens is 323 g/mol. The fourth-order valence-corrected chi connectivity index (χ4v) is 0.699. The van der Waals surface area contributed by atoms with Crippen molar-refractivity contribution < 1.29 is 31.3 Å². The van der Waals surface area contributed by atoms with E-state index in [-0.39, 0.29) is 27.0 Å². The van der Waals surface area contributed by atoms with Crippen LogP contribution >= 0.6 is 0 Å². The molecule has 0 radical (unpaired) electrons. The SMILES string of the molecule is N[NH2+]C(=O)c1ccccc1.[Pt+2]. The number of quaternary nitrogens is 1. The van der Waals surface area contributed by atoms with Gasteiger partial charge in [-0.3, -0.25) is 0 Å². The second kappa shape index (κ2) is 5.19. The Morgan fingerprint density at radius 3 is 2.27 bits per heavy atom. The van der Waals surface area contributed by atoms with E-state index in [1.54, 1.807) is 24.3 Å². The van der Waals surface area contributed by atoms with Gasteiger partial charge < -0.3 is 0 Å². The molecular formula is C7H9N2OPt+3. The Morgan fingerprint density at radius 1 is 1.27 bits per heavy atom. The summed E-state index contributed by atoms with van der Waals surface area (Å²) in [7, 11) is 0. The van der Waals surface area contributed by atoms with Gasteiger partial charge in [0.05, 0.1) is 5.56 Å². The van der Waals surface area contributed by atoms with E-state index in [0.29, 0.717) is 5.56 Å². The molecule has 11 heavy (non-hydrogen) atoms. The van der Waals surface area contributed by atoms with Crippen molar-refractivity contribution in [3.63, 3.8) is 0 Å². The zero-order valence-corrected chi connectivity index (χ0v) is 8.04. The van der Waals surface area contributed by atoms with Crippen molar-refractivity contribution in [2.45, 2.75) is 0 Å². The first-order valence-electron chi connectivity index (χ1n) is 2.99. The third-order valence-electron chi connectivity index (χ3n) is 1.21. The minimum absolute atomic E-state index is 0. The van der Waals surface area contributed by atoms with Crippen molar-refractivity contribution >= 4 is 5.91 Å². The molecule has 3 nitrogen and oxygen atoms in total. The van der Waals surface area contributed by atoms with E-state index in [2.05, 4.69) is 0 Å². The molecule has 0 spiro atoms. The molecule has 60 valence electrons. The molecule has 1 amide bonds. The largest absolute Gasteiger partial charge is 2.00 e. The number of rotatable bonds is 1. The number of amides is 1. The van der Waals surface area contributed by atoms with Gasteiger partial charge in [0.25, 0.3) is 0 Å². The molecule has 0 unspecified atom stereocenters. The summed E-state index contributed by atoms with van der Waals surface area (Å²) in [6.45, 7) is 0. The molecule has 0 aliphatic heterocycles. The molecule has 0 fully saturated rings. The van der Waals surface area contributed by atoms with Crippen LogP contribution in [-0.4, -0.2) is 5.91 Å². The van der Waals surface area contributed by atoms with Gasteiger partial charge in [0, 0.05) is 0 Å². The van der Waals surface area contributed by atoms with Crippen molar-refractivity contribution in [3.05, 3.63) is 35.9 Å². The predicted octanol–water partition coefficient (Wildman–Crippen LogP) is -0.739. The summed E-state index contributed by atoms with van der Waals surface area (Å²) in [4.78, 5) is 10.8. The average molecular weight is 332 g/mol. The monoisotopic (exact) mass is 332 g/mol. The van der Waals surface area contributed by atoms with Gasteiger partial charge in [0.1, 0.15) is 0 Å². The van der Waals surface area contributed by atoms with Crippen molar-refractivity contribution in [1.29, 1.82) is 0 Å². The topological polar surface area (TPSA) is 59.7 Å². The van der Waals surface area contributed by atoms with Crippen LogP contribution in [0.1, 0.15) is 10.4 Å². The van der Waals surface area contributed by atoms with E-state index in [4.69, 9.17) is 5.84 Å². The fraction of sp³-hybridized carbons (Fsp3) is 0. The maximum atomic E-state index is 10.8. The summed E-state index contributed by atoms with van der Waals surface area (Å²) < 4.78 is 0. The number of primary amides is 1. The predicted molar refractivity (Wildman–Crippen MR) is 36.9 cm³/mol. The molecule has 0 bridgehead atoms. The van der Waals surface area contributed by atoms with E-state index in [0.717, 1.165) is 5.43 Å². The Hall–Kier alpha value is -0.502. The quantitative estimate of drug-likeness (QED) is 0.404. The van der Waals surface area contributed by atoms with E-state index in [9.17, 15) is 4.79 Å². The minimum Gasteiger partial charge on any atom is -0.224 e. The maximum absolute atomic E-state index is 10.8. The summed E-state index contributed by atoms with van der Waals surface area (Å²) in [5.74, 6) is 4.89. The second-order valence-electron chi connectivity index (χ2n) is 1.90. The van der Waals surface area contributed by atoms with Crippen LogP contribution in [0.15, 0.2) is 30.3 Å². The van der Waals surface area contributed by atoms with Crippen LogP contribution < -0.4 is 11.3 Å². The van der Waals surface area contributed by atoms with Crippen molar-refractivity contribution in [3.8, 4) is 0 Å². The van der Waals surface area contributed by atoms with Crippen LogP contribution in [0.5, 0.6) is 0 Å². The Kier molecular flexibility index (Phi) is 4.95. The number of carbonyl (C=O) groups excluding carboxylic acids is 1. The zero-order chi connectivity index (χ0) is 7.40. The molecule has 1 aromatic carbocycles. The number of hydrogen-bond donors (Lipinski definition) is 2. The van der Waals surface area contributed by atoms with E-state index in [1.807, 2.05) is 6.07 Å². The van der Waals surface area contributed by atoms with Gasteiger partial charge in [0.15, 0.2) is 0 Å². The summed E-state index contributed by atoms with van der Waals surface area (Å²) in [6, 6.07) is 8.91. The molecule has 0 aromatic heterocycles. The first-order valence-corrected chi connectivity index (χ1v) is 2.99. The van der Waals surface area contributed by atoms with Gasteiger partial charge in [-0.25, -0.2) is 10.2 Å². The molecule has 0 aliphatic rings.